The first-order valence-corrected chi connectivity index (χ1v) is 6.79. The molecule has 0 fully saturated rings. The number of benzene rings is 1. The lowest BCUT2D eigenvalue weighted by atomic mass is 10.3. The number of thioether (sulfide) groups is 1. The summed E-state index contributed by atoms with van der Waals surface area (Å²) in [5, 5.41) is 22.2. The summed E-state index contributed by atoms with van der Waals surface area (Å²) < 4.78 is 4.99. The van der Waals surface area contributed by atoms with Crippen molar-refractivity contribution in [3.05, 3.63) is 28.3 Å². The number of rotatable bonds is 7. The van der Waals surface area contributed by atoms with Gasteiger partial charge in [0.25, 0.3) is 5.69 Å². The lowest BCUT2D eigenvalue weighted by molar-refractivity contribution is -0.387. The van der Waals surface area contributed by atoms with Crippen molar-refractivity contribution in [3.8, 4) is 5.75 Å². The fourth-order valence-corrected chi connectivity index (χ4v) is 2.54. The summed E-state index contributed by atoms with van der Waals surface area (Å²) in [6.45, 7) is 1.20. The summed E-state index contributed by atoms with van der Waals surface area (Å²) in [7, 11) is 1.42. The predicted molar refractivity (Wildman–Crippen MR) is 75.6 cm³/mol. The van der Waals surface area contributed by atoms with E-state index in [9.17, 15) is 19.7 Å². The second-order valence-corrected chi connectivity index (χ2v) is 5.05. The van der Waals surface area contributed by atoms with Crippen LogP contribution in [0.3, 0.4) is 0 Å². The molecule has 1 atom stereocenters. The van der Waals surface area contributed by atoms with Crippen LogP contribution in [0.4, 0.5) is 5.69 Å². The zero-order valence-electron chi connectivity index (χ0n) is 11.4. The van der Waals surface area contributed by atoms with Crippen molar-refractivity contribution in [3.63, 3.8) is 0 Å². The van der Waals surface area contributed by atoms with Gasteiger partial charge in [0.15, 0.2) is 0 Å². The molecular formula is C12H14N2O6S. The van der Waals surface area contributed by atoms with E-state index in [-0.39, 0.29) is 16.3 Å². The summed E-state index contributed by atoms with van der Waals surface area (Å²) in [5.41, 5.74) is -0.146. The molecule has 1 rings (SSSR count). The number of methoxy groups -OCH3 is 1. The highest BCUT2D eigenvalue weighted by molar-refractivity contribution is 7.99. The number of carbonyl (C=O) groups excluding carboxylic acids is 1. The van der Waals surface area contributed by atoms with E-state index in [0.717, 1.165) is 11.8 Å². The zero-order chi connectivity index (χ0) is 16.0. The monoisotopic (exact) mass is 314 g/mol. The maximum atomic E-state index is 11.0. The Kier molecular flexibility index (Phi) is 5.97. The van der Waals surface area contributed by atoms with Crippen molar-refractivity contribution in [1.29, 1.82) is 0 Å². The molecule has 0 aromatic heterocycles. The number of nitrogens with one attached hydrogen (secondary N) is 1. The van der Waals surface area contributed by atoms with E-state index in [1.165, 1.54) is 32.2 Å². The van der Waals surface area contributed by atoms with Gasteiger partial charge >= 0.3 is 5.97 Å². The lowest BCUT2D eigenvalue weighted by Crippen LogP contribution is -2.41. The van der Waals surface area contributed by atoms with Crippen molar-refractivity contribution in [1.82, 2.24) is 5.32 Å². The Hall–Kier alpha value is -2.29. The summed E-state index contributed by atoms with van der Waals surface area (Å²) >= 11 is 0.966. The van der Waals surface area contributed by atoms with Gasteiger partial charge in [-0.1, -0.05) is 0 Å². The van der Waals surface area contributed by atoms with Crippen LogP contribution in [-0.2, 0) is 9.59 Å². The van der Waals surface area contributed by atoms with Crippen LogP contribution in [0.2, 0.25) is 0 Å². The molecule has 8 nitrogen and oxygen atoms in total. The Morgan fingerprint density at radius 3 is 2.67 bits per heavy atom. The first-order chi connectivity index (χ1) is 9.85. The largest absolute Gasteiger partial charge is 0.497 e. The van der Waals surface area contributed by atoms with Gasteiger partial charge in [0.2, 0.25) is 5.91 Å². The Labute approximate surface area is 124 Å². The van der Waals surface area contributed by atoms with E-state index < -0.39 is 22.8 Å². The molecule has 0 radical (unpaired) electrons. The third-order valence-electron chi connectivity index (χ3n) is 2.44. The molecule has 1 amide bonds. The maximum absolute atomic E-state index is 11.0. The number of carbonyl (C=O) groups is 2. The number of hydrogen-bond donors (Lipinski definition) is 2. The fraction of sp³-hybridized carbons (Fsp3) is 0.333. The Balaban J connectivity index is 2.92. The second kappa shape index (κ2) is 7.48. The quantitative estimate of drug-likeness (QED) is 0.442. The van der Waals surface area contributed by atoms with Gasteiger partial charge in [-0.05, 0) is 6.07 Å². The molecule has 0 saturated carbocycles. The van der Waals surface area contributed by atoms with Crippen molar-refractivity contribution in [2.75, 3.05) is 12.9 Å². The van der Waals surface area contributed by atoms with Gasteiger partial charge in [0.05, 0.1) is 16.9 Å². The minimum absolute atomic E-state index is 0.0388. The van der Waals surface area contributed by atoms with Gasteiger partial charge in [0, 0.05) is 24.8 Å². The normalized spacial score (nSPS) is 11.5. The molecule has 21 heavy (non-hydrogen) atoms. The smallest absolute Gasteiger partial charge is 0.327 e. The molecule has 2 N–H and O–H groups in total. The number of carboxylic acids is 1. The summed E-state index contributed by atoms with van der Waals surface area (Å²) in [5.74, 6) is -1.30. The fourth-order valence-electron chi connectivity index (χ4n) is 1.48. The van der Waals surface area contributed by atoms with Crippen LogP contribution >= 0.6 is 11.8 Å². The van der Waals surface area contributed by atoms with E-state index in [4.69, 9.17) is 9.84 Å². The van der Waals surface area contributed by atoms with Gasteiger partial charge in [-0.2, -0.15) is 0 Å². The molecular weight excluding hydrogens is 300 g/mol. The molecule has 0 bridgehead atoms. The second-order valence-electron chi connectivity index (χ2n) is 3.99. The molecule has 0 aliphatic carbocycles. The highest BCUT2D eigenvalue weighted by atomic mass is 32.2. The molecule has 1 aromatic rings. The van der Waals surface area contributed by atoms with Crippen LogP contribution < -0.4 is 10.1 Å². The number of nitro groups is 1. The average molecular weight is 314 g/mol. The van der Waals surface area contributed by atoms with Gasteiger partial charge in [-0.3, -0.25) is 14.9 Å². The number of aliphatic carboxylic acids is 1. The van der Waals surface area contributed by atoms with Gasteiger partial charge in [-0.15, -0.1) is 11.8 Å². The van der Waals surface area contributed by atoms with Crippen LogP contribution in [0.15, 0.2) is 23.1 Å². The predicted octanol–water partition coefficient (Wildman–Crippen LogP) is 1.28. The van der Waals surface area contributed by atoms with E-state index >= 15 is 0 Å². The van der Waals surface area contributed by atoms with Crippen LogP contribution in [0.5, 0.6) is 5.75 Å². The topological polar surface area (TPSA) is 119 Å². The Bertz CT molecular complexity index is 563. The average Bonchev–Trinajstić information content (AvgIpc) is 2.42. The number of ether oxygens (including phenoxy) is 1. The summed E-state index contributed by atoms with van der Waals surface area (Å²) in [6.07, 6.45) is 0. The minimum Gasteiger partial charge on any atom is -0.497 e. The van der Waals surface area contributed by atoms with Crippen LogP contribution in [0, 0.1) is 10.1 Å². The van der Waals surface area contributed by atoms with E-state index in [0.29, 0.717) is 5.75 Å². The molecule has 0 heterocycles. The molecule has 1 aromatic carbocycles. The molecule has 0 aliphatic heterocycles. The lowest BCUT2D eigenvalue weighted by Gasteiger charge is -2.13. The van der Waals surface area contributed by atoms with E-state index in [1.54, 1.807) is 0 Å². The maximum Gasteiger partial charge on any atom is 0.327 e. The number of nitrogens with zero attached hydrogens (tertiary/aromatic N) is 1. The third-order valence-corrected chi connectivity index (χ3v) is 3.58. The molecule has 0 spiro atoms. The highest BCUT2D eigenvalue weighted by Gasteiger charge is 2.22. The summed E-state index contributed by atoms with van der Waals surface area (Å²) in [4.78, 5) is 32.6. The minimum atomic E-state index is -1.21. The van der Waals surface area contributed by atoms with Crippen LogP contribution in [-0.4, -0.2) is 40.8 Å². The highest BCUT2D eigenvalue weighted by Crippen LogP contribution is 2.32. The number of carboxylic acid groups (broad SMARTS) is 1. The molecule has 0 aliphatic rings. The molecule has 9 heteroatoms. The standard InChI is InChI=1S/C12H14N2O6S/c1-7(15)13-9(12(16)17)6-21-11-5-8(20-2)3-4-10(11)14(18)19/h3-5,9H,6H2,1-2H3,(H,13,15)(H,16,17). The molecule has 0 saturated heterocycles. The number of amides is 1. The van der Waals surface area contributed by atoms with Crippen molar-refractivity contribution in [2.24, 2.45) is 0 Å². The first-order valence-electron chi connectivity index (χ1n) is 5.80. The number of nitro benzene ring substituents is 1. The van der Waals surface area contributed by atoms with Crippen LogP contribution in [0.25, 0.3) is 0 Å². The summed E-state index contributed by atoms with van der Waals surface area (Å²) in [6, 6.07) is 3.06. The van der Waals surface area contributed by atoms with Crippen molar-refractivity contribution in [2.45, 2.75) is 17.9 Å². The van der Waals surface area contributed by atoms with Gasteiger partial charge in [-0.25, -0.2) is 4.79 Å². The van der Waals surface area contributed by atoms with Crippen molar-refractivity contribution >= 4 is 29.3 Å². The van der Waals surface area contributed by atoms with Gasteiger partial charge in [0.1, 0.15) is 11.8 Å². The Morgan fingerprint density at radius 1 is 1.52 bits per heavy atom. The molecule has 114 valence electrons. The zero-order valence-corrected chi connectivity index (χ0v) is 12.2. The first kappa shape index (κ1) is 16.8. The SMILES string of the molecule is COc1ccc([N+](=O)[O-])c(SCC(NC(C)=O)C(=O)O)c1. The van der Waals surface area contributed by atoms with E-state index in [2.05, 4.69) is 5.32 Å². The van der Waals surface area contributed by atoms with Gasteiger partial charge < -0.3 is 15.2 Å². The van der Waals surface area contributed by atoms with Crippen molar-refractivity contribution < 1.29 is 24.4 Å². The van der Waals surface area contributed by atoms with E-state index in [1.807, 2.05) is 0 Å². The van der Waals surface area contributed by atoms with Crippen LogP contribution in [0.1, 0.15) is 6.92 Å². The Morgan fingerprint density at radius 2 is 2.19 bits per heavy atom. The number of hydrogen-bond acceptors (Lipinski definition) is 6. The molecule has 1 unspecified atom stereocenters. The third kappa shape index (κ3) is 4.95.